The Labute approximate surface area is 153 Å². The molecule has 2 aromatic rings. The van der Waals surface area contributed by atoms with Crippen molar-refractivity contribution in [3.05, 3.63) is 49.9 Å². The predicted octanol–water partition coefficient (Wildman–Crippen LogP) is 0.151. The molecule has 0 aliphatic carbocycles. The van der Waals surface area contributed by atoms with Crippen molar-refractivity contribution in [1.82, 2.24) is 4.57 Å². The molecule has 0 bridgehead atoms. The van der Waals surface area contributed by atoms with Crippen LogP contribution in [0, 0.1) is 6.57 Å². The molecular formula is C18H16N2O7. The summed E-state index contributed by atoms with van der Waals surface area (Å²) in [5.41, 5.74) is -0.870. The van der Waals surface area contributed by atoms with Crippen LogP contribution >= 0.6 is 0 Å². The van der Waals surface area contributed by atoms with Crippen molar-refractivity contribution in [3.8, 4) is 23.1 Å². The van der Waals surface area contributed by atoms with Crippen LogP contribution in [-0.4, -0.2) is 40.1 Å². The second-order valence-electron chi connectivity index (χ2n) is 5.37. The van der Waals surface area contributed by atoms with Crippen LogP contribution in [0.1, 0.15) is 5.56 Å². The third-order valence-corrected chi connectivity index (χ3v) is 3.79. The van der Waals surface area contributed by atoms with Gasteiger partial charge in [-0.05, 0) is 17.4 Å². The summed E-state index contributed by atoms with van der Waals surface area (Å²) >= 11 is 0. The maximum Gasteiger partial charge on any atom is 0.323 e. The molecule has 0 fully saturated rings. The van der Waals surface area contributed by atoms with Crippen LogP contribution in [0.5, 0.6) is 23.1 Å². The molecule has 0 radical (unpaired) electrons. The number of nitrogens with zero attached hydrogens (tertiary/aromatic N) is 2. The van der Waals surface area contributed by atoms with E-state index in [1.165, 1.54) is 32.4 Å². The van der Waals surface area contributed by atoms with Gasteiger partial charge in [0.05, 0.1) is 20.8 Å². The van der Waals surface area contributed by atoms with E-state index in [1.54, 1.807) is 0 Å². The molecule has 9 heteroatoms. The van der Waals surface area contributed by atoms with Gasteiger partial charge in [-0.25, -0.2) is 4.85 Å². The maximum atomic E-state index is 12.7. The number of carboxylic acid groups (broad SMARTS) is 1. The molecule has 0 aliphatic heterocycles. The topological polar surface area (TPSA) is 123 Å². The van der Waals surface area contributed by atoms with Gasteiger partial charge in [-0.2, -0.15) is 0 Å². The van der Waals surface area contributed by atoms with Crippen molar-refractivity contribution in [3.63, 3.8) is 0 Å². The van der Waals surface area contributed by atoms with Gasteiger partial charge in [-0.3, -0.25) is 14.2 Å². The lowest BCUT2D eigenvalue weighted by molar-refractivity contribution is -0.137. The first-order chi connectivity index (χ1) is 12.7. The Morgan fingerprint density at radius 2 is 1.93 bits per heavy atom. The van der Waals surface area contributed by atoms with Gasteiger partial charge in [0, 0.05) is 16.8 Å². The third kappa shape index (κ3) is 3.55. The van der Waals surface area contributed by atoms with Crippen LogP contribution < -0.4 is 25.5 Å². The number of hydrogen-bond donors (Lipinski definition) is 3. The fourth-order valence-corrected chi connectivity index (χ4v) is 2.48. The minimum atomic E-state index is -1.37. The molecule has 0 aliphatic rings. The van der Waals surface area contributed by atoms with Crippen LogP contribution in [0.3, 0.4) is 0 Å². The third-order valence-electron chi connectivity index (χ3n) is 3.79. The summed E-state index contributed by atoms with van der Waals surface area (Å²) in [5, 5.41) is 28.7. The number of phenolic OH excluding ortho intramolecular Hbond substituents is 1. The van der Waals surface area contributed by atoms with E-state index in [2.05, 4.69) is 11.4 Å². The molecule has 1 aromatic carbocycles. The molecule has 3 N–H and O–H groups in total. The zero-order valence-electron chi connectivity index (χ0n) is 14.5. The van der Waals surface area contributed by atoms with Gasteiger partial charge in [0.2, 0.25) is 0 Å². The number of benzene rings is 1. The summed E-state index contributed by atoms with van der Waals surface area (Å²) in [7, 11) is 2.70. The monoisotopic (exact) mass is 372 g/mol. The van der Waals surface area contributed by atoms with Crippen molar-refractivity contribution in [2.45, 2.75) is 6.54 Å². The van der Waals surface area contributed by atoms with E-state index in [4.69, 9.17) is 21.2 Å². The SMILES string of the molecule is [C-]#[N+]c1c(O)n(CC(=O)O)c(=O)c(=Cc2cc(OC)c(O)cc2OC)c1=C. The number of aromatic hydroxyl groups is 2. The van der Waals surface area contributed by atoms with Crippen LogP contribution in [0.2, 0.25) is 0 Å². The predicted molar refractivity (Wildman–Crippen MR) is 95.8 cm³/mol. The number of carboxylic acids is 1. The van der Waals surface area contributed by atoms with E-state index in [-0.39, 0.29) is 33.4 Å². The van der Waals surface area contributed by atoms with E-state index in [1.807, 2.05) is 0 Å². The van der Waals surface area contributed by atoms with Gasteiger partial charge in [-0.1, -0.05) is 0 Å². The maximum absolute atomic E-state index is 12.7. The number of hydrogen-bond acceptors (Lipinski definition) is 6. The van der Waals surface area contributed by atoms with Crippen LogP contribution in [-0.2, 0) is 11.3 Å². The number of aliphatic carboxylic acids is 1. The zero-order chi connectivity index (χ0) is 20.3. The number of carbonyl (C=O) groups is 1. The van der Waals surface area contributed by atoms with Gasteiger partial charge < -0.3 is 24.8 Å². The number of ether oxygens (including phenoxy) is 2. The van der Waals surface area contributed by atoms with E-state index in [0.717, 1.165) is 0 Å². The molecule has 1 heterocycles. The summed E-state index contributed by atoms with van der Waals surface area (Å²) in [5.74, 6) is -2.00. The van der Waals surface area contributed by atoms with Crippen molar-refractivity contribution in [2.24, 2.45) is 0 Å². The van der Waals surface area contributed by atoms with Crippen molar-refractivity contribution in [2.75, 3.05) is 14.2 Å². The van der Waals surface area contributed by atoms with E-state index in [0.29, 0.717) is 10.1 Å². The number of aromatic nitrogens is 1. The van der Waals surface area contributed by atoms with Crippen LogP contribution in [0.25, 0.3) is 17.5 Å². The molecule has 1 aromatic heterocycles. The zero-order valence-corrected chi connectivity index (χ0v) is 14.5. The standard InChI is InChI=1S/C18H16N2O7/c1-9-11(5-10-6-14(27-4)12(21)7-13(10)26-3)17(24)20(8-15(22)23)18(25)16(9)19-2/h5-7,21,25H,1,8H2,3-4H3,(H,22,23). The lowest BCUT2D eigenvalue weighted by Crippen LogP contribution is -2.45. The fourth-order valence-electron chi connectivity index (χ4n) is 2.48. The Hall–Kier alpha value is -3.93. The molecule has 0 unspecified atom stereocenters. The Bertz CT molecular complexity index is 1130. The van der Waals surface area contributed by atoms with Crippen LogP contribution in [0.4, 0.5) is 5.69 Å². The summed E-state index contributed by atoms with van der Waals surface area (Å²) in [6.45, 7) is 10.0. The van der Waals surface area contributed by atoms with Crippen molar-refractivity contribution < 1.29 is 29.6 Å². The Morgan fingerprint density at radius 1 is 1.30 bits per heavy atom. The summed E-state index contributed by atoms with van der Waals surface area (Å²) in [6.07, 6.45) is 1.32. The Kier molecular flexibility index (Phi) is 5.41. The normalized spacial score (nSPS) is 11.1. The van der Waals surface area contributed by atoms with Gasteiger partial charge in [0.15, 0.2) is 17.4 Å². The van der Waals surface area contributed by atoms with Crippen molar-refractivity contribution >= 4 is 24.3 Å². The van der Waals surface area contributed by atoms with Gasteiger partial charge >= 0.3 is 5.97 Å². The average molecular weight is 372 g/mol. The smallest absolute Gasteiger partial charge is 0.323 e. The molecule has 0 saturated heterocycles. The molecule has 0 spiro atoms. The van der Waals surface area contributed by atoms with E-state index >= 15 is 0 Å². The molecule has 9 nitrogen and oxygen atoms in total. The van der Waals surface area contributed by atoms with E-state index in [9.17, 15) is 19.8 Å². The number of phenols is 1. The second kappa shape index (κ2) is 7.53. The Balaban J connectivity index is 2.95. The second-order valence-corrected chi connectivity index (χ2v) is 5.37. The molecular weight excluding hydrogens is 356 g/mol. The largest absolute Gasteiger partial charge is 0.504 e. The first kappa shape index (κ1) is 19.4. The quantitative estimate of drug-likeness (QED) is 0.639. The van der Waals surface area contributed by atoms with Crippen LogP contribution in [0.15, 0.2) is 16.9 Å². The lowest BCUT2D eigenvalue weighted by Gasteiger charge is -2.11. The summed E-state index contributed by atoms with van der Waals surface area (Å²) < 4.78 is 10.8. The van der Waals surface area contributed by atoms with Gasteiger partial charge in [0.25, 0.3) is 11.2 Å². The molecule has 140 valence electrons. The highest BCUT2D eigenvalue weighted by Gasteiger charge is 2.16. The highest BCUT2D eigenvalue weighted by atomic mass is 16.5. The van der Waals surface area contributed by atoms with E-state index < -0.39 is 24.0 Å². The first-order valence-corrected chi connectivity index (χ1v) is 7.45. The molecule has 0 atom stereocenters. The molecule has 0 amide bonds. The van der Waals surface area contributed by atoms with Gasteiger partial charge in [0.1, 0.15) is 12.3 Å². The molecule has 27 heavy (non-hydrogen) atoms. The minimum Gasteiger partial charge on any atom is -0.504 e. The van der Waals surface area contributed by atoms with Gasteiger partial charge in [-0.15, -0.1) is 6.58 Å². The molecule has 2 rings (SSSR count). The summed E-state index contributed by atoms with van der Waals surface area (Å²) in [6, 6.07) is 2.68. The fraction of sp³-hybridized carbons (Fsp3) is 0.167. The number of pyridine rings is 1. The highest BCUT2D eigenvalue weighted by molar-refractivity contribution is 5.69. The Morgan fingerprint density at radius 3 is 2.44 bits per heavy atom. The first-order valence-electron chi connectivity index (χ1n) is 7.45. The molecule has 0 saturated carbocycles. The number of methoxy groups -OCH3 is 2. The van der Waals surface area contributed by atoms with Crippen molar-refractivity contribution in [1.29, 1.82) is 0 Å². The lowest BCUT2D eigenvalue weighted by atomic mass is 10.1. The number of rotatable bonds is 5. The minimum absolute atomic E-state index is 0.0665. The highest BCUT2D eigenvalue weighted by Crippen LogP contribution is 2.34. The summed E-state index contributed by atoms with van der Waals surface area (Å²) in [4.78, 5) is 26.8. The average Bonchev–Trinajstić information content (AvgIpc) is 2.63.